The summed E-state index contributed by atoms with van der Waals surface area (Å²) in [6.07, 6.45) is 0.689. The number of rotatable bonds is 5. The Hall–Kier alpha value is -0.940. The minimum Gasteiger partial charge on any atom is -0.355 e. The van der Waals surface area contributed by atoms with Crippen LogP contribution in [-0.2, 0) is 11.2 Å². The van der Waals surface area contributed by atoms with Crippen molar-refractivity contribution < 1.29 is 9.18 Å². The highest BCUT2D eigenvalue weighted by atomic mass is 79.9. The minimum absolute atomic E-state index is 0.0383. The predicted octanol–water partition coefficient (Wildman–Crippen LogP) is 1.47. The first kappa shape index (κ1) is 13.1. The molecule has 1 amide bonds. The Kier molecular flexibility index (Phi) is 5.42. The van der Waals surface area contributed by atoms with Gasteiger partial charge in [-0.25, -0.2) is 4.39 Å². The zero-order valence-corrected chi connectivity index (χ0v) is 10.6. The molecule has 0 unspecified atom stereocenters. The molecule has 3 nitrogen and oxygen atoms in total. The molecule has 1 rings (SSSR count). The molecule has 0 fully saturated rings. The molecule has 0 saturated carbocycles. The van der Waals surface area contributed by atoms with Crippen LogP contribution in [0.3, 0.4) is 0 Å². The summed E-state index contributed by atoms with van der Waals surface area (Å²) >= 11 is 3.12. The van der Waals surface area contributed by atoms with Gasteiger partial charge in [0.15, 0.2) is 0 Å². The zero-order valence-electron chi connectivity index (χ0n) is 9.02. The van der Waals surface area contributed by atoms with Gasteiger partial charge in [-0.15, -0.1) is 0 Å². The number of amides is 1. The Balaban J connectivity index is 2.37. The third-order valence-corrected chi connectivity index (χ3v) is 2.66. The Morgan fingerprint density at radius 3 is 2.88 bits per heavy atom. The van der Waals surface area contributed by atoms with Crippen molar-refractivity contribution >= 4 is 21.8 Å². The van der Waals surface area contributed by atoms with Crippen LogP contribution in [0.5, 0.6) is 0 Å². The van der Waals surface area contributed by atoms with Crippen LogP contribution < -0.4 is 10.6 Å². The van der Waals surface area contributed by atoms with Crippen LogP contribution in [0, 0.1) is 5.82 Å². The molecule has 0 radical (unpaired) electrons. The highest BCUT2D eigenvalue weighted by Gasteiger charge is 2.01. The van der Waals surface area contributed by atoms with Gasteiger partial charge in [0.2, 0.25) is 5.91 Å². The number of carbonyl (C=O) groups is 1. The fraction of sp³-hybridized carbons (Fsp3) is 0.364. The SMILES string of the molecule is CNCC(=O)NCCc1ccc(F)c(Br)c1. The van der Waals surface area contributed by atoms with Crippen molar-refractivity contribution in [3.63, 3.8) is 0 Å². The van der Waals surface area contributed by atoms with Gasteiger partial charge in [0.05, 0.1) is 11.0 Å². The summed E-state index contributed by atoms with van der Waals surface area (Å²) in [5.41, 5.74) is 0.984. The molecular formula is C11H14BrFN2O. The second kappa shape index (κ2) is 6.60. The maximum absolute atomic E-state index is 12.9. The highest BCUT2D eigenvalue weighted by molar-refractivity contribution is 9.10. The summed E-state index contributed by atoms with van der Waals surface area (Å²) in [6.45, 7) is 0.867. The second-order valence-electron chi connectivity index (χ2n) is 3.38. The number of halogens is 2. The minimum atomic E-state index is -0.275. The van der Waals surface area contributed by atoms with E-state index in [0.29, 0.717) is 24.0 Å². The van der Waals surface area contributed by atoms with Crippen LogP contribution in [0.2, 0.25) is 0 Å². The highest BCUT2D eigenvalue weighted by Crippen LogP contribution is 2.16. The van der Waals surface area contributed by atoms with Crippen molar-refractivity contribution in [3.05, 3.63) is 34.1 Å². The lowest BCUT2D eigenvalue weighted by Gasteiger charge is -2.05. The number of hydrogen-bond acceptors (Lipinski definition) is 2. The van der Waals surface area contributed by atoms with Crippen LogP contribution in [0.15, 0.2) is 22.7 Å². The van der Waals surface area contributed by atoms with Gasteiger partial charge < -0.3 is 10.6 Å². The average molecular weight is 289 g/mol. The Morgan fingerprint density at radius 1 is 1.50 bits per heavy atom. The molecule has 2 N–H and O–H groups in total. The Labute approximate surface area is 103 Å². The first-order valence-corrected chi connectivity index (χ1v) is 5.78. The van der Waals surface area contributed by atoms with Gasteiger partial charge in [-0.05, 0) is 47.1 Å². The monoisotopic (exact) mass is 288 g/mol. The molecule has 0 heterocycles. The van der Waals surface area contributed by atoms with Crippen LogP contribution in [0.25, 0.3) is 0 Å². The zero-order chi connectivity index (χ0) is 12.0. The van der Waals surface area contributed by atoms with Gasteiger partial charge in [-0.2, -0.15) is 0 Å². The molecular weight excluding hydrogens is 275 g/mol. The molecule has 5 heteroatoms. The van der Waals surface area contributed by atoms with E-state index >= 15 is 0 Å². The standard InChI is InChI=1S/C11H14BrFN2O/c1-14-7-11(16)15-5-4-8-2-3-10(13)9(12)6-8/h2-3,6,14H,4-5,7H2,1H3,(H,15,16). The smallest absolute Gasteiger partial charge is 0.233 e. The molecule has 88 valence electrons. The number of carbonyl (C=O) groups excluding carboxylic acids is 1. The third-order valence-electron chi connectivity index (χ3n) is 2.06. The van der Waals surface area contributed by atoms with Gasteiger partial charge in [0.1, 0.15) is 5.82 Å². The number of likely N-dealkylation sites (N-methyl/N-ethyl adjacent to an activating group) is 1. The van der Waals surface area contributed by atoms with E-state index in [1.165, 1.54) is 6.07 Å². The molecule has 0 aromatic heterocycles. The molecule has 1 aromatic carbocycles. The number of hydrogen-bond donors (Lipinski definition) is 2. The van der Waals surface area contributed by atoms with Crippen molar-refractivity contribution in [3.8, 4) is 0 Å². The van der Waals surface area contributed by atoms with Crippen LogP contribution >= 0.6 is 15.9 Å². The fourth-order valence-corrected chi connectivity index (χ4v) is 1.69. The maximum atomic E-state index is 12.9. The molecule has 0 atom stereocenters. The molecule has 0 spiro atoms. The summed E-state index contributed by atoms with van der Waals surface area (Å²) in [7, 11) is 1.72. The van der Waals surface area contributed by atoms with E-state index in [9.17, 15) is 9.18 Å². The summed E-state index contributed by atoms with van der Waals surface area (Å²) in [6, 6.07) is 4.85. The van der Waals surface area contributed by atoms with Gasteiger partial charge in [-0.1, -0.05) is 6.07 Å². The van der Waals surface area contributed by atoms with Crippen molar-refractivity contribution in [1.29, 1.82) is 0 Å². The van der Waals surface area contributed by atoms with Gasteiger partial charge in [0, 0.05) is 6.54 Å². The van der Waals surface area contributed by atoms with E-state index in [2.05, 4.69) is 26.6 Å². The normalized spacial score (nSPS) is 10.2. The average Bonchev–Trinajstić information content (AvgIpc) is 2.24. The first-order valence-electron chi connectivity index (χ1n) is 4.98. The van der Waals surface area contributed by atoms with E-state index < -0.39 is 0 Å². The van der Waals surface area contributed by atoms with E-state index in [-0.39, 0.29) is 11.7 Å². The van der Waals surface area contributed by atoms with E-state index in [1.54, 1.807) is 19.2 Å². The maximum Gasteiger partial charge on any atom is 0.233 e. The molecule has 0 aliphatic heterocycles. The Morgan fingerprint density at radius 2 is 2.25 bits per heavy atom. The van der Waals surface area contributed by atoms with Crippen LogP contribution in [-0.4, -0.2) is 26.0 Å². The van der Waals surface area contributed by atoms with Gasteiger partial charge in [-0.3, -0.25) is 4.79 Å². The first-order chi connectivity index (χ1) is 7.63. The second-order valence-corrected chi connectivity index (χ2v) is 4.23. The largest absolute Gasteiger partial charge is 0.355 e. The van der Waals surface area contributed by atoms with Crippen molar-refractivity contribution in [2.75, 3.05) is 20.1 Å². The van der Waals surface area contributed by atoms with Gasteiger partial charge in [0.25, 0.3) is 0 Å². The lowest BCUT2D eigenvalue weighted by Crippen LogP contribution is -2.33. The molecule has 16 heavy (non-hydrogen) atoms. The Bertz CT molecular complexity index is 371. The summed E-state index contributed by atoms with van der Waals surface area (Å²) in [5, 5.41) is 5.52. The van der Waals surface area contributed by atoms with E-state index in [1.807, 2.05) is 0 Å². The van der Waals surface area contributed by atoms with Crippen LogP contribution in [0.1, 0.15) is 5.56 Å². The van der Waals surface area contributed by atoms with Crippen LogP contribution in [0.4, 0.5) is 4.39 Å². The van der Waals surface area contributed by atoms with E-state index in [0.717, 1.165) is 5.56 Å². The van der Waals surface area contributed by atoms with Crippen molar-refractivity contribution in [2.45, 2.75) is 6.42 Å². The topological polar surface area (TPSA) is 41.1 Å². The molecule has 0 aliphatic carbocycles. The summed E-state index contributed by atoms with van der Waals surface area (Å²) < 4.78 is 13.4. The number of benzene rings is 1. The van der Waals surface area contributed by atoms with Crippen molar-refractivity contribution in [1.82, 2.24) is 10.6 Å². The molecule has 0 saturated heterocycles. The predicted molar refractivity (Wildman–Crippen MR) is 64.7 cm³/mol. The quantitative estimate of drug-likeness (QED) is 0.862. The fourth-order valence-electron chi connectivity index (χ4n) is 1.26. The van der Waals surface area contributed by atoms with Crippen molar-refractivity contribution in [2.24, 2.45) is 0 Å². The van der Waals surface area contributed by atoms with E-state index in [4.69, 9.17) is 0 Å². The summed E-state index contributed by atoms with van der Waals surface area (Å²) in [5.74, 6) is -0.313. The third kappa shape index (κ3) is 4.28. The van der Waals surface area contributed by atoms with Gasteiger partial charge >= 0.3 is 0 Å². The lowest BCUT2D eigenvalue weighted by molar-refractivity contribution is -0.120. The molecule has 0 bridgehead atoms. The molecule has 0 aliphatic rings. The number of nitrogens with one attached hydrogen (secondary N) is 2. The summed E-state index contributed by atoms with van der Waals surface area (Å²) in [4.78, 5) is 11.1. The lowest BCUT2D eigenvalue weighted by atomic mass is 10.1. The molecule has 1 aromatic rings.